The van der Waals surface area contributed by atoms with Gasteiger partial charge in [-0.25, -0.2) is 4.79 Å². The lowest BCUT2D eigenvalue weighted by molar-refractivity contribution is -0.123. The van der Waals surface area contributed by atoms with Gasteiger partial charge >= 0.3 is 5.97 Å². The van der Waals surface area contributed by atoms with Crippen LogP contribution in [0.1, 0.15) is 27.6 Å². The maximum Gasteiger partial charge on any atom is 0.338 e. The predicted octanol–water partition coefficient (Wildman–Crippen LogP) is 3.40. The van der Waals surface area contributed by atoms with Crippen LogP contribution < -0.4 is 11.1 Å². The fourth-order valence-electron chi connectivity index (χ4n) is 2.55. The second-order valence-electron chi connectivity index (χ2n) is 6.19. The maximum absolute atomic E-state index is 12.3. The van der Waals surface area contributed by atoms with Gasteiger partial charge in [0.15, 0.2) is 6.10 Å². The molecule has 0 spiro atoms. The van der Waals surface area contributed by atoms with Gasteiger partial charge in [0.25, 0.3) is 11.8 Å². The molecule has 0 radical (unpaired) electrons. The molecular formula is C21H18N2O5S. The Labute approximate surface area is 170 Å². The van der Waals surface area contributed by atoms with E-state index in [1.807, 2.05) is 0 Å². The molecule has 0 aliphatic heterocycles. The predicted molar refractivity (Wildman–Crippen MR) is 110 cm³/mol. The number of thiophene rings is 1. The van der Waals surface area contributed by atoms with E-state index in [1.54, 1.807) is 53.9 Å². The van der Waals surface area contributed by atoms with Crippen LogP contribution in [0.15, 0.2) is 60.0 Å². The summed E-state index contributed by atoms with van der Waals surface area (Å²) in [7, 11) is 0. The van der Waals surface area contributed by atoms with Crippen molar-refractivity contribution in [3.8, 4) is 16.9 Å². The van der Waals surface area contributed by atoms with Crippen molar-refractivity contribution in [3.63, 3.8) is 0 Å². The molecule has 0 aliphatic carbocycles. The van der Waals surface area contributed by atoms with E-state index in [0.717, 1.165) is 22.5 Å². The Morgan fingerprint density at radius 1 is 1.00 bits per heavy atom. The Hall–Kier alpha value is -3.65. The Balaban J connectivity index is 1.63. The molecule has 2 aromatic carbocycles. The summed E-state index contributed by atoms with van der Waals surface area (Å²) in [5.41, 5.74) is 7.49. The molecule has 29 heavy (non-hydrogen) atoms. The van der Waals surface area contributed by atoms with Crippen LogP contribution in [0.5, 0.6) is 5.75 Å². The topological polar surface area (TPSA) is 119 Å². The summed E-state index contributed by atoms with van der Waals surface area (Å²) in [5, 5.41) is 13.8. The summed E-state index contributed by atoms with van der Waals surface area (Å²) < 4.78 is 5.21. The molecule has 1 heterocycles. The first-order chi connectivity index (χ1) is 13.8. The number of ether oxygens (including phenoxy) is 1. The zero-order valence-corrected chi connectivity index (χ0v) is 16.2. The summed E-state index contributed by atoms with van der Waals surface area (Å²) in [6.07, 6.45) is -1.07. The monoisotopic (exact) mass is 410 g/mol. The van der Waals surface area contributed by atoms with Crippen LogP contribution in [0.4, 0.5) is 5.00 Å². The summed E-state index contributed by atoms with van der Waals surface area (Å²) in [6, 6.07) is 14.9. The number of nitrogens with two attached hydrogens (primary N) is 1. The number of aromatic hydroxyl groups is 1. The number of rotatable bonds is 6. The van der Waals surface area contributed by atoms with Gasteiger partial charge < -0.3 is 20.9 Å². The minimum Gasteiger partial charge on any atom is -0.508 e. The highest BCUT2D eigenvalue weighted by atomic mass is 32.1. The van der Waals surface area contributed by atoms with Crippen LogP contribution in [0, 0.1) is 0 Å². The Kier molecular flexibility index (Phi) is 5.94. The van der Waals surface area contributed by atoms with Crippen molar-refractivity contribution in [2.45, 2.75) is 13.0 Å². The zero-order valence-electron chi connectivity index (χ0n) is 15.4. The number of nitrogens with one attached hydrogen (secondary N) is 1. The number of benzene rings is 2. The molecule has 7 nitrogen and oxygen atoms in total. The molecule has 0 aliphatic rings. The molecular weight excluding hydrogens is 392 g/mol. The summed E-state index contributed by atoms with van der Waals surface area (Å²) in [5.74, 6) is -1.69. The van der Waals surface area contributed by atoms with Crippen LogP contribution in [0.3, 0.4) is 0 Å². The largest absolute Gasteiger partial charge is 0.508 e. The van der Waals surface area contributed by atoms with Gasteiger partial charge in [-0.2, -0.15) is 0 Å². The summed E-state index contributed by atoms with van der Waals surface area (Å²) in [4.78, 5) is 35.9. The van der Waals surface area contributed by atoms with Crippen molar-refractivity contribution in [2.75, 3.05) is 5.32 Å². The molecule has 0 bridgehead atoms. The number of amides is 2. The number of hydrogen-bond acceptors (Lipinski definition) is 6. The minimum absolute atomic E-state index is 0.173. The van der Waals surface area contributed by atoms with Crippen molar-refractivity contribution in [3.05, 3.63) is 71.1 Å². The third kappa shape index (κ3) is 4.80. The van der Waals surface area contributed by atoms with Gasteiger partial charge in [-0.3, -0.25) is 9.59 Å². The molecule has 1 atom stereocenters. The van der Waals surface area contributed by atoms with Gasteiger partial charge in [0.05, 0.1) is 11.1 Å². The van der Waals surface area contributed by atoms with E-state index >= 15 is 0 Å². The number of anilines is 1. The van der Waals surface area contributed by atoms with E-state index < -0.39 is 23.9 Å². The molecule has 2 amide bonds. The molecule has 0 fully saturated rings. The molecule has 1 aromatic heterocycles. The molecule has 148 valence electrons. The van der Waals surface area contributed by atoms with Crippen LogP contribution in [0.2, 0.25) is 0 Å². The summed E-state index contributed by atoms with van der Waals surface area (Å²) in [6.45, 7) is 1.44. The van der Waals surface area contributed by atoms with Gasteiger partial charge in [-0.05, 0) is 53.8 Å². The first-order valence-electron chi connectivity index (χ1n) is 8.64. The van der Waals surface area contributed by atoms with Crippen molar-refractivity contribution in [2.24, 2.45) is 5.73 Å². The number of phenols is 1. The normalized spacial score (nSPS) is 11.5. The number of esters is 1. The minimum atomic E-state index is -1.07. The number of phenolic OH excluding ortho intramolecular Hbond substituents is 1. The molecule has 3 rings (SSSR count). The number of hydrogen-bond donors (Lipinski definition) is 3. The molecule has 4 N–H and O–H groups in total. The van der Waals surface area contributed by atoms with Crippen LogP contribution in [-0.2, 0) is 9.53 Å². The Morgan fingerprint density at radius 2 is 1.59 bits per heavy atom. The first kappa shape index (κ1) is 20.1. The van der Waals surface area contributed by atoms with E-state index in [0.29, 0.717) is 10.6 Å². The average molecular weight is 410 g/mol. The van der Waals surface area contributed by atoms with Crippen molar-refractivity contribution < 1.29 is 24.2 Å². The lowest BCUT2D eigenvalue weighted by Gasteiger charge is -2.13. The third-order valence-electron chi connectivity index (χ3n) is 4.14. The lowest BCUT2D eigenvalue weighted by atomic mass is 10.0. The number of primary amides is 1. The van der Waals surface area contributed by atoms with Gasteiger partial charge in [-0.1, -0.05) is 24.3 Å². The standard InChI is InChI=1S/C21H18N2O5S/c1-12(19(26)23-20-17(18(22)25)10-11-29-20)28-21(27)15-4-2-13(3-5-15)14-6-8-16(24)9-7-14/h2-12,24H,1H3,(H2,22,25)(H,23,26)/t12-/m0/s1. The zero-order chi connectivity index (χ0) is 21.0. The fourth-order valence-corrected chi connectivity index (χ4v) is 3.34. The fraction of sp³-hybridized carbons (Fsp3) is 0.0952. The molecule has 0 saturated carbocycles. The molecule has 0 saturated heterocycles. The number of carbonyl (C=O) groups is 3. The highest BCUT2D eigenvalue weighted by molar-refractivity contribution is 7.14. The summed E-state index contributed by atoms with van der Waals surface area (Å²) >= 11 is 1.15. The molecule has 0 unspecified atom stereocenters. The Bertz CT molecular complexity index is 1040. The van der Waals surface area contributed by atoms with Gasteiger partial charge in [0, 0.05) is 0 Å². The van der Waals surface area contributed by atoms with Crippen molar-refractivity contribution >= 4 is 34.1 Å². The van der Waals surface area contributed by atoms with E-state index in [9.17, 15) is 19.5 Å². The van der Waals surface area contributed by atoms with Gasteiger partial charge in [0.2, 0.25) is 0 Å². The third-order valence-corrected chi connectivity index (χ3v) is 4.97. The second-order valence-corrected chi connectivity index (χ2v) is 7.10. The van der Waals surface area contributed by atoms with Crippen LogP contribution in [-0.4, -0.2) is 29.0 Å². The van der Waals surface area contributed by atoms with Gasteiger partial charge in [0.1, 0.15) is 10.8 Å². The average Bonchev–Trinajstić information content (AvgIpc) is 3.17. The van der Waals surface area contributed by atoms with E-state index in [2.05, 4.69) is 5.32 Å². The highest BCUT2D eigenvalue weighted by Crippen LogP contribution is 2.24. The SMILES string of the molecule is C[C@H](OC(=O)c1ccc(-c2ccc(O)cc2)cc1)C(=O)Nc1sccc1C(N)=O. The van der Waals surface area contributed by atoms with E-state index in [1.165, 1.54) is 13.0 Å². The van der Waals surface area contributed by atoms with Crippen molar-refractivity contribution in [1.82, 2.24) is 0 Å². The molecule has 8 heteroatoms. The number of carbonyl (C=O) groups excluding carboxylic acids is 3. The van der Waals surface area contributed by atoms with Crippen molar-refractivity contribution in [1.29, 1.82) is 0 Å². The highest BCUT2D eigenvalue weighted by Gasteiger charge is 2.21. The molecule has 3 aromatic rings. The lowest BCUT2D eigenvalue weighted by Crippen LogP contribution is -2.30. The van der Waals surface area contributed by atoms with Crippen LogP contribution >= 0.6 is 11.3 Å². The quantitative estimate of drug-likeness (QED) is 0.538. The Morgan fingerprint density at radius 3 is 2.17 bits per heavy atom. The van der Waals surface area contributed by atoms with E-state index in [-0.39, 0.29) is 11.3 Å². The smallest absolute Gasteiger partial charge is 0.338 e. The first-order valence-corrected chi connectivity index (χ1v) is 9.51. The maximum atomic E-state index is 12.3. The van der Waals surface area contributed by atoms with Crippen LogP contribution in [0.25, 0.3) is 11.1 Å². The second kappa shape index (κ2) is 8.57. The van der Waals surface area contributed by atoms with Gasteiger partial charge in [-0.15, -0.1) is 11.3 Å². The van der Waals surface area contributed by atoms with E-state index in [4.69, 9.17) is 10.5 Å².